The van der Waals surface area contributed by atoms with E-state index in [1.807, 2.05) is 67.6 Å². The number of rotatable bonds is 3. The maximum atomic E-state index is 12.8. The van der Waals surface area contributed by atoms with Gasteiger partial charge in [-0.3, -0.25) is 14.5 Å². The molecular formula is C21H18N4O. The van der Waals surface area contributed by atoms with Gasteiger partial charge in [0.2, 0.25) is 0 Å². The molecule has 128 valence electrons. The van der Waals surface area contributed by atoms with Gasteiger partial charge in [0.25, 0.3) is 5.91 Å². The number of amides is 1. The van der Waals surface area contributed by atoms with Crippen molar-refractivity contribution in [2.24, 2.45) is 7.05 Å². The number of hydrogen-bond acceptors (Lipinski definition) is 3. The molecule has 4 rings (SSSR count). The van der Waals surface area contributed by atoms with Crippen molar-refractivity contribution in [1.29, 1.82) is 0 Å². The Labute approximate surface area is 151 Å². The predicted molar refractivity (Wildman–Crippen MR) is 103 cm³/mol. The summed E-state index contributed by atoms with van der Waals surface area (Å²) in [6.45, 7) is 1.95. The number of aryl methyl sites for hydroxylation is 2. The molecule has 0 spiro atoms. The Bertz CT molecular complexity index is 1100. The number of benzene rings is 2. The van der Waals surface area contributed by atoms with Crippen molar-refractivity contribution in [2.45, 2.75) is 6.92 Å². The van der Waals surface area contributed by atoms with Crippen LogP contribution in [0.2, 0.25) is 0 Å². The van der Waals surface area contributed by atoms with Gasteiger partial charge in [-0.05, 0) is 37.3 Å². The zero-order valence-corrected chi connectivity index (χ0v) is 14.6. The molecule has 4 aromatic rings. The van der Waals surface area contributed by atoms with Crippen LogP contribution in [0, 0.1) is 6.92 Å². The molecule has 0 atom stereocenters. The number of nitrogens with one attached hydrogen (secondary N) is 1. The molecule has 0 fully saturated rings. The Balaban J connectivity index is 1.66. The lowest BCUT2D eigenvalue weighted by atomic mass is 10.1. The van der Waals surface area contributed by atoms with Gasteiger partial charge in [-0.1, -0.05) is 36.4 Å². The third kappa shape index (κ3) is 2.95. The normalized spacial score (nSPS) is 10.8. The average molecular weight is 342 g/mol. The summed E-state index contributed by atoms with van der Waals surface area (Å²) >= 11 is 0. The van der Waals surface area contributed by atoms with E-state index in [9.17, 15) is 4.79 Å². The zero-order chi connectivity index (χ0) is 18.1. The third-order valence-electron chi connectivity index (χ3n) is 4.30. The van der Waals surface area contributed by atoms with E-state index < -0.39 is 0 Å². The minimum atomic E-state index is -0.199. The maximum absolute atomic E-state index is 12.8. The first kappa shape index (κ1) is 16.0. The van der Waals surface area contributed by atoms with Crippen LogP contribution in [0.15, 0.2) is 66.7 Å². The van der Waals surface area contributed by atoms with E-state index in [1.165, 1.54) is 0 Å². The molecule has 1 amide bonds. The summed E-state index contributed by atoms with van der Waals surface area (Å²) in [5.74, 6) is -0.199. The SMILES string of the molecule is Cc1ccc2c(NC(=O)c3cc(-c4ccccc4)nn3C)cccc2n1. The molecule has 5 heteroatoms. The molecule has 26 heavy (non-hydrogen) atoms. The van der Waals surface area contributed by atoms with E-state index in [0.717, 1.165) is 33.5 Å². The van der Waals surface area contributed by atoms with E-state index in [2.05, 4.69) is 15.4 Å². The van der Waals surface area contributed by atoms with Crippen molar-refractivity contribution in [1.82, 2.24) is 14.8 Å². The zero-order valence-electron chi connectivity index (χ0n) is 14.6. The van der Waals surface area contributed by atoms with E-state index >= 15 is 0 Å². The van der Waals surface area contributed by atoms with Gasteiger partial charge >= 0.3 is 0 Å². The maximum Gasteiger partial charge on any atom is 0.273 e. The summed E-state index contributed by atoms with van der Waals surface area (Å²) in [4.78, 5) is 17.3. The lowest BCUT2D eigenvalue weighted by molar-refractivity contribution is 0.101. The number of pyridine rings is 1. The summed E-state index contributed by atoms with van der Waals surface area (Å²) in [5.41, 5.74) is 4.79. The Morgan fingerprint density at radius 2 is 1.81 bits per heavy atom. The van der Waals surface area contributed by atoms with Crippen molar-refractivity contribution in [3.8, 4) is 11.3 Å². The lowest BCUT2D eigenvalue weighted by Gasteiger charge is -2.08. The van der Waals surface area contributed by atoms with E-state index in [-0.39, 0.29) is 5.91 Å². The fourth-order valence-corrected chi connectivity index (χ4v) is 2.98. The van der Waals surface area contributed by atoms with Crippen LogP contribution in [-0.2, 0) is 7.05 Å². The number of fused-ring (bicyclic) bond motifs is 1. The Morgan fingerprint density at radius 3 is 2.62 bits per heavy atom. The van der Waals surface area contributed by atoms with Crippen LogP contribution < -0.4 is 5.32 Å². The Kier molecular flexibility index (Phi) is 3.97. The van der Waals surface area contributed by atoms with Gasteiger partial charge < -0.3 is 5.32 Å². The largest absolute Gasteiger partial charge is 0.320 e. The van der Waals surface area contributed by atoms with Crippen LogP contribution in [0.4, 0.5) is 5.69 Å². The molecule has 0 unspecified atom stereocenters. The topological polar surface area (TPSA) is 59.8 Å². The van der Waals surface area contributed by atoms with Crippen LogP contribution in [0.5, 0.6) is 0 Å². The highest BCUT2D eigenvalue weighted by atomic mass is 16.2. The minimum absolute atomic E-state index is 0.199. The van der Waals surface area contributed by atoms with Crippen molar-refractivity contribution in [2.75, 3.05) is 5.32 Å². The summed E-state index contributed by atoms with van der Waals surface area (Å²) in [6, 6.07) is 21.2. The molecular weight excluding hydrogens is 324 g/mol. The summed E-state index contributed by atoms with van der Waals surface area (Å²) < 4.78 is 1.60. The summed E-state index contributed by atoms with van der Waals surface area (Å²) in [5, 5.41) is 8.36. The van der Waals surface area contributed by atoms with Crippen LogP contribution in [0.3, 0.4) is 0 Å². The van der Waals surface area contributed by atoms with Gasteiger partial charge in [-0.15, -0.1) is 0 Å². The van der Waals surface area contributed by atoms with Gasteiger partial charge in [0.05, 0.1) is 16.9 Å². The summed E-state index contributed by atoms with van der Waals surface area (Å²) in [6.07, 6.45) is 0. The van der Waals surface area contributed by atoms with Crippen molar-refractivity contribution < 1.29 is 4.79 Å². The lowest BCUT2D eigenvalue weighted by Crippen LogP contribution is -2.16. The molecule has 0 radical (unpaired) electrons. The molecule has 2 aromatic heterocycles. The number of carbonyl (C=O) groups is 1. The number of aromatic nitrogens is 3. The van der Waals surface area contributed by atoms with E-state index in [1.54, 1.807) is 17.8 Å². The van der Waals surface area contributed by atoms with Crippen molar-refractivity contribution >= 4 is 22.5 Å². The first-order valence-electron chi connectivity index (χ1n) is 8.39. The summed E-state index contributed by atoms with van der Waals surface area (Å²) in [7, 11) is 1.77. The molecule has 0 saturated carbocycles. The van der Waals surface area contributed by atoms with Gasteiger partial charge in [0, 0.05) is 23.7 Å². The fraction of sp³-hybridized carbons (Fsp3) is 0.0952. The molecule has 2 aromatic carbocycles. The molecule has 1 N–H and O–H groups in total. The first-order chi connectivity index (χ1) is 12.6. The fourth-order valence-electron chi connectivity index (χ4n) is 2.98. The second-order valence-corrected chi connectivity index (χ2v) is 6.18. The van der Waals surface area contributed by atoms with Crippen LogP contribution in [0.1, 0.15) is 16.2 Å². The van der Waals surface area contributed by atoms with Gasteiger partial charge in [0.15, 0.2) is 0 Å². The smallest absolute Gasteiger partial charge is 0.273 e. The number of nitrogens with zero attached hydrogens (tertiary/aromatic N) is 3. The molecule has 0 saturated heterocycles. The molecule has 5 nitrogen and oxygen atoms in total. The second-order valence-electron chi connectivity index (χ2n) is 6.18. The quantitative estimate of drug-likeness (QED) is 0.607. The molecule has 0 aliphatic carbocycles. The highest BCUT2D eigenvalue weighted by Crippen LogP contribution is 2.24. The predicted octanol–water partition coefficient (Wildman–Crippen LogP) is 4.20. The molecule has 0 aliphatic rings. The van der Waals surface area contributed by atoms with Gasteiger partial charge in [-0.2, -0.15) is 5.10 Å². The van der Waals surface area contributed by atoms with Crippen molar-refractivity contribution in [3.05, 3.63) is 78.1 Å². The number of hydrogen-bond donors (Lipinski definition) is 1. The molecule has 0 bridgehead atoms. The number of carbonyl (C=O) groups excluding carboxylic acids is 1. The molecule has 2 heterocycles. The van der Waals surface area contributed by atoms with E-state index in [0.29, 0.717) is 5.69 Å². The van der Waals surface area contributed by atoms with Crippen LogP contribution in [-0.4, -0.2) is 20.7 Å². The highest BCUT2D eigenvalue weighted by molar-refractivity contribution is 6.08. The monoisotopic (exact) mass is 342 g/mol. The minimum Gasteiger partial charge on any atom is -0.320 e. The highest BCUT2D eigenvalue weighted by Gasteiger charge is 2.15. The Hall–Kier alpha value is -3.47. The van der Waals surface area contributed by atoms with Crippen LogP contribution in [0.25, 0.3) is 22.2 Å². The van der Waals surface area contributed by atoms with Gasteiger partial charge in [0.1, 0.15) is 5.69 Å². The van der Waals surface area contributed by atoms with Crippen LogP contribution >= 0.6 is 0 Å². The standard InChI is InChI=1S/C21H18N4O/c1-14-11-12-16-17(22-14)9-6-10-18(16)23-21(26)20-13-19(24-25(20)2)15-7-4-3-5-8-15/h3-13H,1-2H3,(H,23,26). The third-order valence-corrected chi connectivity index (χ3v) is 4.30. The van der Waals surface area contributed by atoms with Gasteiger partial charge in [-0.25, -0.2) is 0 Å². The second kappa shape index (κ2) is 6.44. The van der Waals surface area contributed by atoms with Crippen molar-refractivity contribution in [3.63, 3.8) is 0 Å². The number of anilines is 1. The van der Waals surface area contributed by atoms with E-state index in [4.69, 9.17) is 0 Å². The molecule has 0 aliphatic heterocycles. The first-order valence-corrected chi connectivity index (χ1v) is 8.39. The average Bonchev–Trinajstić information content (AvgIpc) is 3.04. The Morgan fingerprint density at radius 1 is 1.00 bits per heavy atom.